The van der Waals surface area contributed by atoms with Crippen LogP contribution < -0.4 is 4.74 Å². The van der Waals surface area contributed by atoms with Crippen LogP contribution in [0.4, 0.5) is 0 Å². The number of likely N-dealkylation sites (tertiary alicyclic amines) is 1. The zero-order valence-corrected chi connectivity index (χ0v) is 19.2. The van der Waals surface area contributed by atoms with E-state index in [-0.39, 0.29) is 30.4 Å². The second kappa shape index (κ2) is 8.55. The minimum absolute atomic E-state index is 0.0127. The molecule has 0 bridgehead atoms. The van der Waals surface area contributed by atoms with E-state index < -0.39 is 5.97 Å². The fraction of sp³-hybridized carbons (Fsp3) is 0.400. The highest BCUT2D eigenvalue weighted by Crippen LogP contribution is 2.48. The van der Waals surface area contributed by atoms with Crippen LogP contribution in [0, 0.1) is 0 Å². The van der Waals surface area contributed by atoms with Gasteiger partial charge >= 0.3 is 5.97 Å². The summed E-state index contributed by atoms with van der Waals surface area (Å²) in [5.41, 5.74) is 3.56. The number of pyridine rings is 1. The first-order chi connectivity index (χ1) is 16.3. The molecule has 34 heavy (non-hydrogen) atoms. The van der Waals surface area contributed by atoms with Crippen molar-refractivity contribution >= 4 is 11.9 Å². The normalized spacial score (nSPS) is 19.3. The molecule has 9 heteroatoms. The molecule has 2 aliphatic rings. The molecule has 3 aromatic rings. The Morgan fingerprint density at radius 1 is 1.29 bits per heavy atom. The second-order valence-corrected chi connectivity index (χ2v) is 9.22. The number of aromatic nitrogens is 3. The van der Waals surface area contributed by atoms with Crippen LogP contribution in [-0.2, 0) is 21.4 Å². The zero-order chi connectivity index (χ0) is 23.9. The van der Waals surface area contributed by atoms with Crippen LogP contribution in [0.15, 0.2) is 41.1 Å². The van der Waals surface area contributed by atoms with Gasteiger partial charge in [-0.15, -0.1) is 0 Å². The molecule has 1 fully saturated rings. The molecule has 2 aromatic heterocycles. The second-order valence-electron chi connectivity index (χ2n) is 9.22. The number of hydrogen-bond donors (Lipinski definition) is 1. The van der Waals surface area contributed by atoms with Crippen LogP contribution in [-0.4, -0.2) is 56.2 Å². The number of ether oxygens (including phenoxy) is 1. The van der Waals surface area contributed by atoms with Crippen molar-refractivity contribution in [1.82, 2.24) is 20.0 Å². The molecule has 1 aromatic carbocycles. The van der Waals surface area contributed by atoms with Crippen molar-refractivity contribution in [2.45, 2.75) is 51.0 Å². The van der Waals surface area contributed by atoms with Gasteiger partial charge in [-0.25, -0.2) is 4.98 Å². The molecule has 1 N–H and O–H groups in total. The molecule has 1 unspecified atom stereocenters. The maximum atomic E-state index is 12.6. The summed E-state index contributed by atoms with van der Waals surface area (Å²) in [6.45, 7) is 4.67. The van der Waals surface area contributed by atoms with Crippen LogP contribution in [0.25, 0.3) is 22.8 Å². The Kier molecular flexibility index (Phi) is 5.55. The summed E-state index contributed by atoms with van der Waals surface area (Å²) < 4.78 is 11.1. The lowest BCUT2D eigenvalue weighted by atomic mass is 9.80. The Morgan fingerprint density at radius 2 is 2.15 bits per heavy atom. The number of carbonyl (C=O) groups excluding carboxylic acids is 1. The van der Waals surface area contributed by atoms with Gasteiger partial charge in [-0.3, -0.25) is 9.59 Å². The zero-order valence-electron chi connectivity index (χ0n) is 19.2. The average Bonchev–Trinajstić information content (AvgIpc) is 3.51. The molecule has 0 radical (unpaired) electrons. The maximum Gasteiger partial charge on any atom is 0.305 e. The van der Waals surface area contributed by atoms with Crippen molar-refractivity contribution in [3.8, 4) is 28.7 Å². The van der Waals surface area contributed by atoms with Gasteiger partial charge in [0.1, 0.15) is 0 Å². The number of amides is 1. The Bertz CT molecular complexity index is 1240. The van der Waals surface area contributed by atoms with Gasteiger partial charge in [0.05, 0.1) is 18.1 Å². The Morgan fingerprint density at radius 3 is 2.88 bits per heavy atom. The highest BCUT2D eigenvalue weighted by atomic mass is 16.5. The van der Waals surface area contributed by atoms with Crippen LogP contribution in [0.1, 0.15) is 44.2 Å². The van der Waals surface area contributed by atoms with Crippen LogP contribution in [0.5, 0.6) is 5.88 Å². The molecular weight excluding hydrogens is 436 g/mol. The lowest BCUT2D eigenvalue weighted by Crippen LogP contribution is -2.31. The van der Waals surface area contributed by atoms with Crippen LogP contribution in [0.3, 0.4) is 0 Å². The van der Waals surface area contributed by atoms with Gasteiger partial charge in [-0.05, 0) is 43.9 Å². The number of aliphatic carboxylic acids is 1. The fourth-order valence-electron chi connectivity index (χ4n) is 5.02. The van der Waals surface area contributed by atoms with Crippen molar-refractivity contribution in [2.75, 3.05) is 13.1 Å². The number of rotatable bonds is 7. The standard InChI is InChI=1S/C25H26N4O5/c1-15(2)33-20-7-6-16(13-26-20)24-27-23(28-34-24)18-4-3-5-19-17(18)8-10-25(19)12-21(30)29(14-25)11-9-22(31)32/h3-7,13,15H,8-12,14H2,1-2H3,(H,31,32). The van der Waals surface area contributed by atoms with E-state index in [4.69, 9.17) is 14.4 Å². The van der Waals surface area contributed by atoms with Gasteiger partial charge in [-0.1, -0.05) is 23.4 Å². The van der Waals surface area contributed by atoms with Gasteiger partial charge in [0.25, 0.3) is 5.89 Å². The molecule has 9 nitrogen and oxygen atoms in total. The SMILES string of the molecule is CC(C)Oc1ccc(-c2nc(-c3cccc4c3CCC43CC(=O)N(CCC(=O)O)C3)no2)cn1. The summed E-state index contributed by atoms with van der Waals surface area (Å²) in [5.74, 6) is 0.526. The summed E-state index contributed by atoms with van der Waals surface area (Å²) in [6, 6.07) is 9.61. The molecule has 1 spiro atoms. The van der Waals surface area contributed by atoms with Crippen molar-refractivity contribution in [3.63, 3.8) is 0 Å². The first-order valence-electron chi connectivity index (χ1n) is 11.4. The first-order valence-corrected chi connectivity index (χ1v) is 11.4. The van der Waals surface area contributed by atoms with Gasteiger partial charge in [0.15, 0.2) is 0 Å². The number of carboxylic acids is 1. The molecular formula is C25H26N4O5. The van der Waals surface area contributed by atoms with Crippen molar-refractivity contribution in [2.24, 2.45) is 0 Å². The van der Waals surface area contributed by atoms with Crippen LogP contribution >= 0.6 is 0 Å². The van der Waals surface area contributed by atoms with E-state index in [2.05, 4.69) is 21.2 Å². The Balaban J connectivity index is 1.40. The average molecular weight is 463 g/mol. The predicted molar refractivity (Wildman–Crippen MR) is 122 cm³/mol. The number of fused-ring (bicyclic) bond motifs is 2. The summed E-state index contributed by atoms with van der Waals surface area (Å²) in [7, 11) is 0. The summed E-state index contributed by atoms with van der Waals surface area (Å²) >= 11 is 0. The number of hydrogen-bond acceptors (Lipinski definition) is 7. The third-order valence-corrected chi connectivity index (χ3v) is 6.54. The third kappa shape index (κ3) is 4.02. The fourth-order valence-corrected chi connectivity index (χ4v) is 5.02. The van der Waals surface area contributed by atoms with E-state index in [1.165, 1.54) is 0 Å². The minimum Gasteiger partial charge on any atom is -0.481 e. The molecule has 176 valence electrons. The van der Waals surface area contributed by atoms with E-state index >= 15 is 0 Å². The topological polar surface area (TPSA) is 119 Å². The highest BCUT2D eigenvalue weighted by Gasteiger charge is 2.48. The summed E-state index contributed by atoms with van der Waals surface area (Å²) in [5, 5.41) is 13.2. The third-order valence-electron chi connectivity index (χ3n) is 6.54. The van der Waals surface area contributed by atoms with E-state index in [9.17, 15) is 9.59 Å². The maximum absolute atomic E-state index is 12.6. The molecule has 1 aliphatic carbocycles. The number of carboxylic acid groups (broad SMARTS) is 1. The molecule has 1 amide bonds. The number of nitrogens with zero attached hydrogens (tertiary/aromatic N) is 4. The molecule has 0 saturated carbocycles. The largest absolute Gasteiger partial charge is 0.481 e. The Labute approximate surface area is 196 Å². The van der Waals surface area contributed by atoms with Crippen molar-refractivity contribution in [1.29, 1.82) is 0 Å². The summed E-state index contributed by atoms with van der Waals surface area (Å²) in [6.07, 6.45) is 3.68. The van der Waals surface area contributed by atoms with Gasteiger partial charge in [0.2, 0.25) is 17.6 Å². The Hall–Kier alpha value is -3.75. The van der Waals surface area contributed by atoms with Gasteiger partial charge in [-0.2, -0.15) is 4.98 Å². The van der Waals surface area contributed by atoms with E-state index in [1.54, 1.807) is 17.2 Å². The quantitative estimate of drug-likeness (QED) is 0.567. The highest BCUT2D eigenvalue weighted by molar-refractivity contribution is 5.82. The van der Waals surface area contributed by atoms with E-state index in [0.29, 0.717) is 36.1 Å². The first kappa shape index (κ1) is 22.1. The molecule has 1 atom stereocenters. The smallest absolute Gasteiger partial charge is 0.305 e. The van der Waals surface area contributed by atoms with Gasteiger partial charge in [0, 0.05) is 42.8 Å². The molecule has 5 rings (SSSR count). The lowest BCUT2D eigenvalue weighted by Gasteiger charge is -2.25. The van der Waals surface area contributed by atoms with Gasteiger partial charge < -0.3 is 19.3 Å². The van der Waals surface area contributed by atoms with E-state index in [0.717, 1.165) is 29.5 Å². The number of benzene rings is 1. The van der Waals surface area contributed by atoms with Crippen molar-refractivity contribution in [3.05, 3.63) is 47.7 Å². The molecule has 3 heterocycles. The minimum atomic E-state index is -0.895. The molecule has 1 saturated heterocycles. The lowest BCUT2D eigenvalue weighted by molar-refractivity contribution is -0.137. The monoisotopic (exact) mass is 462 g/mol. The number of carbonyl (C=O) groups is 2. The van der Waals surface area contributed by atoms with E-state index in [1.807, 2.05) is 32.0 Å². The van der Waals surface area contributed by atoms with Crippen molar-refractivity contribution < 1.29 is 24.0 Å². The molecule has 1 aliphatic heterocycles. The summed E-state index contributed by atoms with van der Waals surface area (Å²) in [4.78, 5) is 34.2. The van der Waals surface area contributed by atoms with Crippen LogP contribution in [0.2, 0.25) is 0 Å². The predicted octanol–water partition coefficient (Wildman–Crippen LogP) is 3.48.